The molecule has 0 N–H and O–H groups in total. The molecule has 1 heterocycles. The minimum absolute atomic E-state index is 0.0480. The van der Waals surface area contributed by atoms with Crippen LogP contribution in [-0.4, -0.2) is 44.4 Å². The zero-order valence-corrected chi connectivity index (χ0v) is 13.5. The van der Waals surface area contributed by atoms with Crippen LogP contribution in [-0.2, 0) is 23.8 Å². The van der Waals surface area contributed by atoms with Crippen LogP contribution in [0.2, 0.25) is 5.02 Å². The summed E-state index contributed by atoms with van der Waals surface area (Å²) in [7, 11) is 2.32. The maximum absolute atomic E-state index is 12.1. The molecule has 0 fully saturated rings. The number of carbonyl (C=O) groups is 2. The second kappa shape index (κ2) is 7.28. The number of nitro groups is 1. The van der Waals surface area contributed by atoms with E-state index in [1.165, 1.54) is 23.1 Å². The van der Waals surface area contributed by atoms with E-state index < -0.39 is 16.9 Å². The first-order valence-electron chi connectivity index (χ1n) is 6.59. The van der Waals surface area contributed by atoms with Crippen molar-refractivity contribution in [1.82, 2.24) is 0 Å². The Balaban J connectivity index is 2.59. The monoisotopic (exact) mass is 356 g/mol. The minimum atomic E-state index is -0.795. The molecule has 0 saturated carbocycles. The van der Waals surface area contributed by atoms with Gasteiger partial charge in [0.2, 0.25) is 0 Å². The van der Waals surface area contributed by atoms with Crippen molar-refractivity contribution in [2.75, 3.05) is 32.5 Å². The van der Waals surface area contributed by atoms with Crippen molar-refractivity contribution in [3.05, 3.63) is 44.6 Å². The molecular formula is C14H13ClN2O7. The lowest BCUT2D eigenvalue weighted by molar-refractivity contribution is -0.384. The number of nitro benzene ring substituents is 1. The number of halogens is 1. The van der Waals surface area contributed by atoms with Gasteiger partial charge >= 0.3 is 11.9 Å². The number of benzene rings is 1. The van der Waals surface area contributed by atoms with Gasteiger partial charge < -0.3 is 19.1 Å². The molecule has 0 saturated heterocycles. The molecule has 0 aromatic heterocycles. The lowest BCUT2D eigenvalue weighted by Gasteiger charge is -2.31. The van der Waals surface area contributed by atoms with E-state index in [1.807, 2.05) is 0 Å². The van der Waals surface area contributed by atoms with Gasteiger partial charge in [-0.05, 0) is 12.1 Å². The van der Waals surface area contributed by atoms with E-state index in [1.54, 1.807) is 0 Å². The summed E-state index contributed by atoms with van der Waals surface area (Å²) >= 11 is 5.79. The number of carbonyl (C=O) groups excluding carboxylic acids is 2. The van der Waals surface area contributed by atoms with Crippen molar-refractivity contribution in [2.24, 2.45) is 0 Å². The highest BCUT2D eigenvalue weighted by Gasteiger charge is 2.33. The van der Waals surface area contributed by atoms with Crippen LogP contribution in [0.15, 0.2) is 29.5 Å². The zero-order valence-electron chi connectivity index (χ0n) is 12.8. The number of rotatable bonds is 4. The van der Waals surface area contributed by atoms with Crippen LogP contribution >= 0.6 is 11.6 Å². The quantitative estimate of drug-likeness (QED) is 0.455. The van der Waals surface area contributed by atoms with Gasteiger partial charge in [0.15, 0.2) is 0 Å². The van der Waals surface area contributed by atoms with Gasteiger partial charge in [-0.25, -0.2) is 9.59 Å². The number of hydrogen-bond acceptors (Lipinski definition) is 8. The Morgan fingerprint density at radius 2 is 1.96 bits per heavy atom. The number of hydrogen-bond donors (Lipinski definition) is 0. The second-order valence-corrected chi connectivity index (χ2v) is 5.02. The maximum atomic E-state index is 12.1. The summed E-state index contributed by atoms with van der Waals surface area (Å²) in [5, 5.41) is 11.0. The summed E-state index contributed by atoms with van der Waals surface area (Å²) < 4.78 is 14.6. The fraction of sp³-hybridized carbons (Fsp3) is 0.286. The lowest BCUT2D eigenvalue weighted by atomic mass is 10.1. The fourth-order valence-corrected chi connectivity index (χ4v) is 2.34. The summed E-state index contributed by atoms with van der Waals surface area (Å²) in [6.07, 6.45) is 0. The van der Waals surface area contributed by atoms with E-state index in [9.17, 15) is 19.7 Å². The average molecular weight is 357 g/mol. The predicted molar refractivity (Wildman–Crippen MR) is 82.5 cm³/mol. The molecule has 128 valence electrons. The van der Waals surface area contributed by atoms with Crippen molar-refractivity contribution < 1.29 is 28.7 Å². The van der Waals surface area contributed by atoms with E-state index in [-0.39, 0.29) is 41.0 Å². The fourth-order valence-electron chi connectivity index (χ4n) is 2.16. The molecule has 1 aliphatic rings. The largest absolute Gasteiger partial charge is 0.466 e. The van der Waals surface area contributed by atoms with Crippen molar-refractivity contribution in [2.45, 2.75) is 0 Å². The SMILES string of the molecule is COC(=O)C1=C(C(=O)OC)N(c2ccc(Cl)c([N+](=O)[O-])c2)COC1. The molecule has 1 aromatic rings. The number of ether oxygens (including phenoxy) is 3. The first kappa shape index (κ1) is 17.7. The van der Waals surface area contributed by atoms with Gasteiger partial charge in [0, 0.05) is 6.07 Å². The summed E-state index contributed by atoms with van der Waals surface area (Å²) in [6.45, 7) is -0.257. The highest BCUT2D eigenvalue weighted by atomic mass is 35.5. The minimum Gasteiger partial charge on any atom is -0.466 e. The van der Waals surface area contributed by atoms with Crippen LogP contribution < -0.4 is 4.90 Å². The topological polar surface area (TPSA) is 108 Å². The Hall–Kier alpha value is -2.65. The van der Waals surface area contributed by atoms with Crippen molar-refractivity contribution in [3.63, 3.8) is 0 Å². The van der Waals surface area contributed by atoms with E-state index in [2.05, 4.69) is 4.74 Å². The standard InChI is InChI=1S/C14H13ClN2O7/c1-22-13(18)9-6-24-7-16(12(9)14(19)23-2)8-3-4-10(15)11(5-8)17(20)21/h3-5H,6-7H2,1-2H3. The normalized spacial score (nSPS) is 14.4. The molecule has 0 bridgehead atoms. The Morgan fingerprint density at radius 1 is 1.29 bits per heavy atom. The van der Waals surface area contributed by atoms with Gasteiger partial charge in [-0.2, -0.15) is 0 Å². The second-order valence-electron chi connectivity index (χ2n) is 4.61. The van der Waals surface area contributed by atoms with E-state index in [0.717, 1.165) is 14.2 Å². The maximum Gasteiger partial charge on any atom is 0.355 e. The van der Waals surface area contributed by atoms with Crippen LogP contribution in [0, 0.1) is 10.1 Å². The van der Waals surface area contributed by atoms with E-state index >= 15 is 0 Å². The molecule has 0 atom stereocenters. The molecule has 0 aliphatic carbocycles. The number of nitrogens with zero attached hydrogens (tertiary/aromatic N) is 2. The van der Waals surface area contributed by atoms with Crippen LogP contribution in [0.1, 0.15) is 0 Å². The molecule has 1 aromatic carbocycles. The summed E-state index contributed by atoms with van der Waals surface area (Å²) in [6, 6.07) is 3.95. The third-order valence-electron chi connectivity index (χ3n) is 3.27. The first-order valence-corrected chi connectivity index (χ1v) is 6.97. The summed E-state index contributed by atoms with van der Waals surface area (Å²) in [5.74, 6) is -1.56. The molecule has 1 aliphatic heterocycles. The van der Waals surface area contributed by atoms with Crippen LogP contribution in [0.5, 0.6) is 0 Å². The van der Waals surface area contributed by atoms with Gasteiger partial charge in [-0.3, -0.25) is 10.1 Å². The van der Waals surface area contributed by atoms with Gasteiger partial charge in [-0.1, -0.05) is 11.6 Å². The third-order valence-corrected chi connectivity index (χ3v) is 3.59. The van der Waals surface area contributed by atoms with Crippen LogP contribution in [0.3, 0.4) is 0 Å². The predicted octanol–water partition coefficient (Wildman–Crippen LogP) is 1.64. The lowest BCUT2D eigenvalue weighted by Crippen LogP contribution is -2.38. The van der Waals surface area contributed by atoms with Gasteiger partial charge in [-0.15, -0.1) is 0 Å². The number of methoxy groups -OCH3 is 2. The third kappa shape index (κ3) is 3.31. The highest BCUT2D eigenvalue weighted by Crippen LogP contribution is 2.33. The van der Waals surface area contributed by atoms with Crippen molar-refractivity contribution >= 4 is 34.9 Å². The van der Waals surface area contributed by atoms with Gasteiger partial charge in [0.1, 0.15) is 17.5 Å². The molecule has 0 amide bonds. The van der Waals surface area contributed by atoms with E-state index in [4.69, 9.17) is 21.1 Å². The van der Waals surface area contributed by atoms with Crippen molar-refractivity contribution in [3.8, 4) is 0 Å². The Kier molecular flexibility index (Phi) is 5.37. The molecule has 10 heteroatoms. The van der Waals surface area contributed by atoms with Crippen LogP contribution in [0.4, 0.5) is 11.4 Å². The average Bonchev–Trinajstić information content (AvgIpc) is 2.59. The van der Waals surface area contributed by atoms with Gasteiger partial charge in [0.05, 0.1) is 37.0 Å². The summed E-state index contributed by atoms with van der Waals surface area (Å²) in [4.78, 5) is 35.7. The van der Waals surface area contributed by atoms with Gasteiger partial charge in [0.25, 0.3) is 5.69 Å². The van der Waals surface area contributed by atoms with Crippen LogP contribution in [0.25, 0.3) is 0 Å². The molecule has 0 spiro atoms. The zero-order chi connectivity index (χ0) is 17.9. The Bertz CT molecular complexity index is 732. The number of esters is 2. The smallest absolute Gasteiger partial charge is 0.355 e. The molecular weight excluding hydrogens is 344 g/mol. The van der Waals surface area contributed by atoms with E-state index in [0.29, 0.717) is 0 Å². The first-order chi connectivity index (χ1) is 11.4. The number of anilines is 1. The Morgan fingerprint density at radius 3 is 2.54 bits per heavy atom. The molecule has 9 nitrogen and oxygen atoms in total. The molecule has 0 unspecified atom stereocenters. The molecule has 2 rings (SSSR count). The molecule has 0 radical (unpaired) electrons. The Labute approximate surface area is 141 Å². The molecule has 24 heavy (non-hydrogen) atoms. The van der Waals surface area contributed by atoms with Crippen molar-refractivity contribution in [1.29, 1.82) is 0 Å². The summed E-state index contributed by atoms with van der Waals surface area (Å²) in [5.41, 5.74) is -0.253. The highest BCUT2D eigenvalue weighted by molar-refractivity contribution is 6.32.